The molecule has 2 aliphatic rings. The average molecular weight is 635 g/mol. The number of terminal acetylenes is 1. The van der Waals surface area contributed by atoms with Crippen LogP contribution >= 0.6 is 0 Å². The zero-order valence-corrected chi connectivity index (χ0v) is 26.9. The molecular formula is C35H42N2O7S. The monoisotopic (exact) mass is 634 g/mol. The van der Waals surface area contributed by atoms with Gasteiger partial charge in [0.1, 0.15) is 24.7 Å². The van der Waals surface area contributed by atoms with E-state index in [1.54, 1.807) is 44.6 Å². The first kappa shape index (κ1) is 32.8. The van der Waals surface area contributed by atoms with Crippen LogP contribution in [0, 0.1) is 19.3 Å². The minimum absolute atomic E-state index is 0.126. The predicted octanol–water partition coefficient (Wildman–Crippen LogP) is 4.50. The summed E-state index contributed by atoms with van der Waals surface area (Å²) in [5.41, 5.74) is 1.97. The lowest BCUT2D eigenvalue weighted by molar-refractivity contribution is -0.0576. The van der Waals surface area contributed by atoms with Gasteiger partial charge in [-0.15, -0.1) is 6.42 Å². The number of rotatable bonds is 13. The van der Waals surface area contributed by atoms with Crippen LogP contribution in [0.1, 0.15) is 34.5 Å². The fourth-order valence-electron chi connectivity index (χ4n) is 5.98. The molecule has 0 spiro atoms. The van der Waals surface area contributed by atoms with E-state index in [1.165, 1.54) is 0 Å². The number of hydrogen-bond donors (Lipinski definition) is 1. The maximum absolute atomic E-state index is 14.5. The Kier molecular flexibility index (Phi) is 11.0. The Morgan fingerprint density at radius 3 is 2.51 bits per heavy atom. The molecule has 0 radical (unpaired) electrons. The second-order valence-corrected chi connectivity index (χ2v) is 13.3. The normalized spacial score (nSPS) is 20.5. The molecule has 0 saturated carbocycles. The molecule has 3 aromatic rings. The van der Waals surface area contributed by atoms with Crippen molar-refractivity contribution in [2.75, 3.05) is 65.1 Å². The van der Waals surface area contributed by atoms with Crippen LogP contribution < -0.4 is 19.7 Å². The third-order valence-corrected chi connectivity index (χ3v) is 10.2. The van der Waals surface area contributed by atoms with Crippen LogP contribution in [0.3, 0.4) is 0 Å². The van der Waals surface area contributed by atoms with Gasteiger partial charge in [0.25, 0.3) is 0 Å². The Bertz CT molecular complexity index is 1550. The number of aryl methyl sites for hydroxylation is 1. The third kappa shape index (κ3) is 7.63. The van der Waals surface area contributed by atoms with Gasteiger partial charge in [0.2, 0.25) is 9.84 Å². The largest absolute Gasteiger partial charge is 0.497 e. The predicted molar refractivity (Wildman–Crippen MR) is 174 cm³/mol. The molecule has 1 fully saturated rings. The van der Waals surface area contributed by atoms with Crippen molar-refractivity contribution in [2.45, 2.75) is 41.8 Å². The quantitative estimate of drug-likeness (QED) is 0.215. The second-order valence-electron chi connectivity index (χ2n) is 11.3. The van der Waals surface area contributed by atoms with Crippen LogP contribution in [0.5, 0.6) is 11.5 Å². The number of nitrogens with one attached hydrogen (secondary N) is 1. The van der Waals surface area contributed by atoms with Crippen LogP contribution in [0.25, 0.3) is 0 Å². The smallest absolute Gasteiger partial charge is 0.209 e. The highest BCUT2D eigenvalue weighted by atomic mass is 32.2. The van der Waals surface area contributed by atoms with Gasteiger partial charge in [-0.3, -0.25) is 0 Å². The number of nitrogens with zero attached hydrogens (tertiary/aromatic N) is 1. The van der Waals surface area contributed by atoms with Crippen LogP contribution in [0.4, 0.5) is 5.69 Å². The summed E-state index contributed by atoms with van der Waals surface area (Å²) in [6.45, 7) is 5.64. The topological polar surface area (TPSA) is 95.6 Å². The summed E-state index contributed by atoms with van der Waals surface area (Å²) < 4.78 is 58.5. The molecule has 1 saturated heterocycles. The lowest BCUT2D eigenvalue weighted by Gasteiger charge is -2.40. The molecule has 0 bridgehead atoms. The average Bonchev–Trinajstić information content (AvgIpc) is 3.06. The van der Waals surface area contributed by atoms with E-state index in [9.17, 15) is 8.42 Å². The highest BCUT2D eigenvalue weighted by Gasteiger charge is 2.41. The fraction of sp³-hybridized carbons (Fsp3) is 0.429. The maximum Gasteiger partial charge on any atom is 0.209 e. The second kappa shape index (κ2) is 15.1. The third-order valence-electron chi connectivity index (χ3n) is 8.29. The molecule has 0 aromatic heterocycles. The van der Waals surface area contributed by atoms with E-state index in [1.807, 2.05) is 43.3 Å². The van der Waals surface area contributed by atoms with Gasteiger partial charge in [-0.2, -0.15) is 0 Å². The number of sulfone groups is 1. The minimum atomic E-state index is -4.01. The molecule has 4 atom stereocenters. The minimum Gasteiger partial charge on any atom is -0.497 e. The Morgan fingerprint density at radius 1 is 1.04 bits per heavy atom. The SMILES string of the molecule is C#CCO[C@@H]1CNC[C@H](OC(c2ccc3c(c2)N(CCCOC)CCO3)S(=O)(=O)c2ccc(C)cc2)[C@@H]1c1ccc(OC)cc1. The molecule has 10 heteroatoms. The number of ether oxygens (including phenoxy) is 5. The molecule has 9 nitrogen and oxygen atoms in total. The van der Waals surface area contributed by atoms with Gasteiger partial charge >= 0.3 is 0 Å². The molecule has 0 aliphatic carbocycles. The summed E-state index contributed by atoms with van der Waals surface area (Å²) in [5, 5.41) is 3.38. The van der Waals surface area contributed by atoms with Crippen LogP contribution in [0.15, 0.2) is 71.6 Å². The van der Waals surface area contributed by atoms with Crippen molar-refractivity contribution in [3.05, 3.63) is 83.4 Å². The molecule has 240 valence electrons. The first-order valence-corrected chi connectivity index (χ1v) is 16.8. The van der Waals surface area contributed by atoms with Gasteiger partial charge in [-0.1, -0.05) is 41.8 Å². The fourth-order valence-corrected chi connectivity index (χ4v) is 7.53. The summed E-state index contributed by atoms with van der Waals surface area (Å²) >= 11 is 0. The van der Waals surface area contributed by atoms with Crippen molar-refractivity contribution in [1.82, 2.24) is 5.32 Å². The lowest BCUT2D eigenvalue weighted by Crippen LogP contribution is -2.51. The van der Waals surface area contributed by atoms with Crippen molar-refractivity contribution < 1.29 is 32.1 Å². The van der Waals surface area contributed by atoms with Gasteiger partial charge in [0.15, 0.2) is 5.44 Å². The lowest BCUT2D eigenvalue weighted by atomic mass is 9.85. The number of anilines is 1. The van der Waals surface area contributed by atoms with E-state index in [0.29, 0.717) is 44.2 Å². The van der Waals surface area contributed by atoms with E-state index in [2.05, 4.69) is 16.1 Å². The maximum atomic E-state index is 14.5. The molecule has 2 aliphatic heterocycles. The first-order valence-electron chi connectivity index (χ1n) is 15.2. The highest BCUT2D eigenvalue weighted by molar-refractivity contribution is 7.91. The number of benzene rings is 3. The summed E-state index contributed by atoms with van der Waals surface area (Å²) in [4.78, 5) is 2.40. The van der Waals surface area contributed by atoms with Crippen molar-refractivity contribution in [3.63, 3.8) is 0 Å². The summed E-state index contributed by atoms with van der Waals surface area (Å²) in [7, 11) is -0.705. The van der Waals surface area contributed by atoms with E-state index in [0.717, 1.165) is 35.5 Å². The van der Waals surface area contributed by atoms with Crippen molar-refractivity contribution in [3.8, 4) is 23.8 Å². The molecule has 1 N–H and O–H groups in total. The zero-order valence-electron chi connectivity index (χ0n) is 26.1. The number of fused-ring (bicyclic) bond motifs is 1. The van der Waals surface area contributed by atoms with E-state index in [-0.39, 0.29) is 23.5 Å². The summed E-state index contributed by atoms with van der Waals surface area (Å²) in [6.07, 6.45) is 5.48. The van der Waals surface area contributed by atoms with Gasteiger partial charge in [0, 0.05) is 39.3 Å². The van der Waals surface area contributed by atoms with Gasteiger partial charge < -0.3 is 33.9 Å². The molecule has 2 heterocycles. The summed E-state index contributed by atoms with van der Waals surface area (Å²) in [6, 6.07) is 20.1. The Hall–Kier alpha value is -3.59. The van der Waals surface area contributed by atoms with Crippen LogP contribution in [0.2, 0.25) is 0 Å². The van der Waals surface area contributed by atoms with Crippen molar-refractivity contribution >= 4 is 15.5 Å². The number of methoxy groups -OCH3 is 2. The van der Waals surface area contributed by atoms with E-state index in [4.69, 9.17) is 30.1 Å². The highest BCUT2D eigenvalue weighted by Crippen LogP contribution is 2.41. The summed E-state index contributed by atoms with van der Waals surface area (Å²) in [5.74, 6) is 3.69. The van der Waals surface area contributed by atoms with E-state index >= 15 is 0 Å². The molecular weight excluding hydrogens is 592 g/mol. The Morgan fingerprint density at radius 2 is 1.80 bits per heavy atom. The molecule has 0 amide bonds. The first-order chi connectivity index (χ1) is 21.8. The Labute approximate surface area is 266 Å². The molecule has 1 unspecified atom stereocenters. The van der Waals surface area contributed by atoms with Gasteiger partial charge in [-0.05, 0) is 60.9 Å². The van der Waals surface area contributed by atoms with Gasteiger partial charge in [0.05, 0.1) is 36.4 Å². The van der Waals surface area contributed by atoms with Crippen LogP contribution in [-0.2, 0) is 24.0 Å². The Balaban J connectivity index is 1.56. The van der Waals surface area contributed by atoms with Crippen molar-refractivity contribution in [1.29, 1.82) is 0 Å². The molecule has 5 rings (SSSR count). The zero-order chi connectivity index (χ0) is 31.8. The number of piperidine rings is 1. The standard InChI is InChI=1S/C35H42N2O7S/c1-5-19-42-32-23-36-24-33(34(32)26-9-12-28(41-4)13-10-26)44-35(45(38,39)29-14-7-25(2)8-15-29)27-11-16-31-30(22-27)37(18-21-43-31)17-6-20-40-3/h1,7-16,22,32-36H,6,17-21,23-24H2,2-4H3/t32-,33+,34-,35?/m1/s1. The molecule has 45 heavy (non-hydrogen) atoms. The van der Waals surface area contributed by atoms with Crippen molar-refractivity contribution in [2.24, 2.45) is 0 Å². The van der Waals surface area contributed by atoms with Crippen LogP contribution in [-0.4, -0.2) is 80.8 Å². The van der Waals surface area contributed by atoms with E-state index < -0.39 is 21.4 Å². The van der Waals surface area contributed by atoms with Gasteiger partial charge in [-0.25, -0.2) is 8.42 Å². The molecule has 3 aromatic carbocycles. The number of hydrogen-bond acceptors (Lipinski definition) is 9.